The Morgan fingerprint density at radius 2 is 1.75 bits per heavy atom. The molecular weight excluding hydrogens is 813 g/mol. The van der Waals surface area contributed by atoms with E-state index in [1.54, 1.807) is 13.0 Å². The van der Waals surface area contributed by atoms with Crippen LogP contribution in [0.3, 0.4) is 0 Å². The maximum Gasteiger partial charge on any atom is 0.375 e. The third kappa shape index (κ3) is 8.56. The molecule has 21 nitrogen and oxygen atoms in total. The second kappa shape index (κ2) is 16.4. The molecule has 0 radical (unpaired) electrons. The van der Waals surface area contributed by atoms with Crippen molar-refractivity contribution in [3.05, 3.63) is 63.6 Å². The molecule has 2 aliphatic rings. The van der Waals surface area contributed by atoms with Crippen molar-refractivity contribution in [1.29, 1.82) is 0 Å². The normalized spacial score (nSPS) is 18.3. The summed E-state index contributed by atoms with van der Waals surface area (Å²) in [5.41, 5.74) is 5.78. The molecular formula is C33H28N8O13S3. The highest BCUT2D eigenvalue weighted by Crippen LogP contribution is 2.46. The van der Waals surface area contributed by atoms with Gasteiger partial charge in [0.05, 0.1) is 5.92 Å². The van der Waals surface area contributed by atoms with E-state index in [1.165, 1.54) is 33.8 Å². The van der Waals surface area contributed by atoms with Crippen molar-refractivity contribution in [2.45, 2.75) is 43.2 Å². The molecule has 3 aromatic heterocycles. The molecule has 6 N–H and O–H groups in total. The number of nitrogen functional groups attached to an aromatic ring is 1. The molecule has 4 heterocycles. The molecule has 6 rings (SSSR count). The molecule has 1 amide bonds. The predicted molar refractivity (Wildman–Crippen MR) is 198 cm³/mol. The second-order valence-corrected chi connectivity index (χ2v) is 15.2. The maximum atomic E-state index is 13.7. The molecule has 0 bridgehead atoms. The molecule has 57 heavy (non-hydrogen) atoms. The van der Waals surface area contributed by atoms with Crippen molar-refractivity contribution in [2.75, 3.05) is 17.2 Å². The zero-order chi connectivity index (χ0) is 41.3. The molecule has 4 atom stereocenters. The molecule has 0 saturated heterocycles. The largest absolute Gasteiger partial charge is 0.478 e. The number of carboxylic acids is 3. The number of esters is 2. The Labute approximate surface area is 331 Å². The number of hydrogen-bond acceptors (Lipinski definition) is 19. The van der Waals surface area contributed by atoms with Gasteiger partial charge in [0.15, 0.2) is 28.1 Å². The van der Waals surface area contributed by atoms with E-state index in [0.717, 1.165) is 43.0 Å². The number of ether oxygens (including phenoxy) is 2. The number of carboxylic acid groups (broad SMARTS) is 3. The number of hydrogen-bond donors (Lipinski definition) is 5. The van der Waals surface area contributed by atoms with Crippen molar-refractivity contribution in [1.82, 2.24) is 29.9 Å². The number of nitrogens with zero attached hydrogens (tertiary/aromatic N) is 6. The summed E-state index contributed by atoms with van der Waals surface area (Å²) in [6.07, 6.45) is -1.91. The van der Waals surface area contributed by atoms with Crippen molar-refractivity contribution < 1.29 is 63.2 Å². The molecule has 1 saturated carbocycles. The van der Waals surface area contributed by atoms with Gasteiger partial charge in [-0.05, 0) is 30.7 Å². The summed E-state index contributed by atoms with van der Waals surface area (Å²) in [4.78, 5) is 104. The molecule has 1 aromatic carbocycles. The number of aryl methyl sites for hydroxylation is 1. The predicted octanol–water partition coefficient (Wildman–Crippen LogP) is 1.54. The summed E-state index contributed by atoms with van der Waals surface area (Å²) in [6.45, 7) is 3.85. The lowest BCUT2D eigenvalue weighted by Crippen LogP contribution is -2.66. The molecule has 24 heteroatoms. The van der Waals surface area contributed by atoms with Gasteiger partial charge in [-0.2, -0.15) is 21.3 Å². The lowest BCUT2D eigenvalue weighted by molar-refractivity contribution is -0.151. The molecule has 296 valence electrons. The van der Waals surface area contributed by atoms with Crippen LogP contribution < -0.4 is 20.5 Å². The van der Waals surface area contributed by atoms with Crippen LogP contribution in [-0.4, -0.2) is 110 Å². The van der Waals surface area contributed by atoms with E-state index in [0.29, 0.717) is 16.3 Å². The fourth-order valence-corrected chi connectivity index (χ4v) is 9.04. The molecule has 1 fully saturated rings. The van der Waals surface area contributed by atoms with Crippen LogP contribution in [-0.2, 0) is 33.6 Å². The third-order valence-corrected chi connectivity index (χ3v) is 11.4. The summed E-state index contributed by atoms with van der Waals surface area (Å²) in [5, 5.41) is 41.0. The van der Waals surface area contributed by atoms with Gasteiger partial charge >= 0.3 is 29.8 Å². The van der Waals surface area contributed by atoms with Crippen LogP contribution in [0.1, 0.15) is 47.5 Å². The van der Waals surface area contributed by atoms with Crippen LogP contribution in [0.2, 0.25) is 0 Å². The van der Waals surface area contributed by atoms with Crippen LogP contribution in [0.15, 0.2) is 51.0 Å². The number of fused-ring (bicyclic) bond motifs is 2. The van der Waals surface area contributed by atoms with Crippen LogP contribution >= 0.6 is 34.9 Å². The number of anilines is 1. The van der Waals surface area contributed by atoms with E-state index in [9.17, 15) is 48.9 Å². The van der Waals surface area contributed by atoms with Crippen molar-refractivity contribution in [3.8, 4) is 11.5 Å². The first-order valence-electron chi connectivity index (χ1n) is 16.2. The lowest BCUT2D eigenvalue weighted by atomic mass is 9.71. The van der Waals surface area contributed by atoms with E-state index in [2.05, 4.69) is 30.5 Å². The smallest absolute Gasteiger partial charge is 0.375 e. The number of benzene rings is 1. The van der Waals surface area contributed by atoms with Crippen LogP contribution in [0.5, 0.6) is 11.5 Å². The highest BCUT2D eigenvalue weighted by atomic mass is 32.2. The number of aromatic nitrogens is 5. The number of aliphatic carboxylic acids is 2. The van der Waals surface area contributed by atoms with E-state index >= 15 is 0 Å². The third-order valence-electron chi connectivity index (χ3n) is 8.15. The van der Waals surface area contributed by atoms with E-state index in [1.807, 2.05) is 0 Å². The number of carbonyl (C=O) groups is 7. The van der Waals surface area contributed by atoms with Crippen molar-refractivity contribution in [2.24, 2.45) is 11.1 Å². The van der Waals surface area contributed by atoms with Crippen LogP contribution in [0, 0.1) is 12.8 Å². The van der Waals surface area contributed by atoms with Gasteiger partial charge in [0, 0.05) is 52.8 Å². The lowest BCUT2D eigenvalue weighted by Gasteiger charge is -2.46. The summed E-state index contributed by atoms with van der Waals surface area (Å²) in [6, 6.07) is 3.90. The average molecular weight is 841 g/mol. The summed E-state index contributed by atoms with van der Waals surface area (Å²) in [5.74, 6) is -9.15. The SMILES string of the molecule is CC(=O)Oc1ccc([C@@H](O/N=C(\C(=O)N[C@@H]2C(=O)C3C(C(=O)O)=C(CSc4cc(C)nc5nc(C(=O)O)nn45)CS[C@H]32)c2csc(N)n2)C(=O)O)cc1OC(C)=O. The van der Waals surface area contributed by atoms with Gasteiger partial charge in [-0.1, -0.05) is 11.2 Å². The van der Waals surface area contributed by atoms with Gasteiger partial charge in [0.2, 0.25) is 6.10 Å². The summed E-state index contributed by atoms with van der Waals surface area (Å²) in [7, 11) is 0. The number of thioether (sulfide) groups is 2. The number of nitrogens with one attached hydrogen (secondary N) is 1. The quantitative estimate of drug-likeness (QED) is 0.0300. The Morgan fingerprint density at radius 3 is 2.39 bits per heavy atom. The Bertz CT molecular complexity index is 2450. The molecule has 4 aromatic rings. The summed E-state index contributed by atoms with van der Waals surface area (Å²) < 4.78 is 11.3. The number of amides is 1. The molecule has 1 aliphatic heterocycles. The fraction of sp³-hybridized carbons (Fsp3) is 0.273. The van der Waals surface area contributed by atoms with Gasteiger partial charge in [-0.25, -0.2) is 24.4 Å². The zero-order valence-corrected chi connectivity index (χ0v) is 32.0. The highest BCUT2D eigenvalue weighted by molar-refractivity contribution is 8.01. The van der Waals surface area contributed by atoms with Gasteiger partial charge in [-0.3, -0.25) is 19.2 Å². The number of Topliss-reactive ketones (excluding diaryl/α,β-unsaturated/α-hetero) is 1. The summed E-state index contributed by atoms with van der Waals surface area (Å²) >= 11 is 3.33. The first-order chi connectivity index (χ1) is 27.0. The Hall–Kier alpha value is -6.40. The number of oxime groups is 1. The molecule has 0 spiro atoms. The zero-order valence-electron chi connectivity index (χ0n) is 29.5. The van der Waals surface area contributed by atoms with Crippen molar-refractivity contribution in [3.63, 3.8) is 0 Å². The molecule has 1 unspecified atom stereocenters. The van der Waals surface area contributed by atoms with E-state index in [-0.39, 0.29) is 50.7 Å². The first kappa shape index (κ1) is 40.3. The van der Waals surface area contributed by atoms with Gasteiger partial charge in [0.25, 0.3) is 17.5 Å². The number of ketones is 1. The topological polar surface area (TPSA) is 314 Å². The van der Waals surface area contributed by atoms with Crippen LogP contribution in [0.25, 0.3) is 5.78 Å². The Kier molecular flexibility index (Phi) is 11.6. The standard InChI is InChI=1S/C33H28N8O13S3/c1-11-6-19(41-33(35-11)38-27(39-41)31(50)51)55-8-15-9-56-26-21(20(15)29(46)47)24(44)23(26)37-28(45)22(16-10-57-32(34)36-16)40-54-25(30(48)49)14-4-5-17(52-12(2)42)18(7-14)53-13(3)43/h4-7,10,21,23,25-26H,8-9H2,1-3H3,(H2,34,36)(H,37,45)(H,46,47)(H,48,49)(H,50,51)/b40-22-/t21?,23-,25-,26-/m1/s1. The monoisotopic (exact) mass is 840 g/mol. The number of rotatable bonds is 14. The van der Waals surface area contributed by atoms with Gasteiger partial charge in [0.1, 0.15) is 16.8 Å². The minimum Gasteiger partial charge on any atom is -0.478 e. The molecule has 1 aliphatic carbocycles. The van der Waals surface area contributed by atoms with Gasteiger partial charge in [-0.15, -0.1) is 28.2 Å². The Balaban J connectivity index is 1.22. The maximum absolute atomic E-state index is 13.7. The van der Waals surface area contributed by atoms with Crippen molar-refractivity contribution >= 4 is 93.0 Å². The number of carbonyl (C=O) groups excluding carboxylic acids is 4. The highest BCUT2D eigenvalue weighted by Gasteiger charge is 2.56. The average Bonchev–Trinajstić information content (AvgIpc) is 3.77. The second-order valence-electron chi connectivity index (χ2n) is 12.1. The van der Waals surface area contributed by atoms with E-state index < -0.39 is 76.4 Å². The number of aromatic carboxylic acids is 1. The van der Waals surface area contributed by atoms with E-state index in [4.69, 9.17) is 20.0 Å². The minimum absolute atomic E-state index is 0.0189. The minimum atomic E-state index is -1.91. The first-order valence-corrected chi connectivity index (χ1v) is 19.1. The Morgan fingerprint density at radius 1 is 1.04 bits per heavy atom. The number of nitrogens with two attached hydrogens (primary N) is 1. The fourth-order valence-electron chi connectivity index (χ4n) is 5.78. The van der Waals surface area contributed by atoms with Gasteiger partial charge < -0.3 is 40.7 Å². The number of thiazole rings is 1. The van der Waals surface area contributed by atoms with Crippen LogP contribution in [0.4, 0.5) is 5.13 Å².